The fourth-order valence-corrected chi connectivity index (χ4v) is 2.87. The van der Waals surface area contributed by atoms with Gasteiger partial charge in [-0.1, -0.05) is 11.6 Å². The second-order valence-corrected chi connectivity index (χ2v) is 6.00. The van der Waals surface area contributed by atoms with Gasteiger partial charge in [-0.25, -0.2) is 4.98 Å². The smallest absolute Gasteiger partial charge is 0.258 e. The number of thioether (sulfide) groups is 1. The van der Waals surface area contributed by atoms with E-state index in [4.69, 9.17) is 17.3 Å². The number of aromatic nitrogens is 2. The van der Waals surface area contributed by atoms with E-state index in [1.807, 2.05) is 24.3 Å². The zero-order valence-corrected chi connectivity index (χ0v) is 12.6. The number of benzene rings is 1. The minimum absolute atomic E-state index is 0.129. The van der Waals surface area contributed by atoms with E-state index in [2.05, 4.69) is 4.98 Å². The largest absolute Gasteiger partial charge is 0.399 e. The van der Waals surface area contributed by atoms with Gasteiger partial charge >= 0.3 is 0 Å². The number of hydrogen-bond acceptors (Lipinski definition) is 4. The number of nitrogens with two attached hydrogens (primary N) is 1. The number of halogens is 1. The molecule has 1 aromatic carbocycles. The van der Waals surface area contributed by atoms with Gasteiger partial charge in [0.15, 0.2) is 0 Å². The average Bonchev–Trinajstić information content (AvgIpc) is 2.47. The van der Waals surface area contributed by atoms with Crippen molar-refractivity contribution < 1.29 is 0 Å². The van der Waals surface area contributed by atoms with Crippen molar-refractivity contribution in [2.75, 3.05) is 5.73 Å². The molecule has 4 nitrogen and oxygen atoms in total. The Hall–Kier alpha value is -1.98. The molecule has 106 valence electrons. The Balaban J connectivity index is 1.86. The molecule has 21 heavy (non-hydrogen) atoms. The maximum atomic E-state index is 12.0. The van der Waals surface area contributed by atoms with Gasteiger partial charge in [-0.15, -0.1) is 11.8 Å². The molecule has 2 N–H and O–H groups in total. The van der Waals surface area contributed by atoms with Crippen LogP contribution in [-0.2, 0) is 5.75 Å². The second kappa shape index (κ2) is 5.79. The summed E-state index contributed by atoms with van der Waals surface area (Å²) < 4.78 is 1.44. The van der Waals surface area contributed by atoms with E-state index in [0.717, 1.165) is 16.3 Å². The highest BCUT2D eigenvalue weighted by Gasteiger charge is 2.04. The number of nitrogen functional groups attached to an aromatic ring is 1. The summed E-state index contributed by atoms with van der Waals surface area (Å²) in [7, 11) is 0. The van der Waals surface area contributed by atoms with E-state index in [1.165, 1.54) is 10.5 Å². The van der Waals surface area contributed by atoms with Crippen molar-refractivity contribution in [3.63, 3.8) is 0 Å². The molecular formula is C15H12ClN3OS. The van der Waals surface area contributed by atoms with Gasteiger partial charge in [0, 0.05) is 28.6 Å². The lowest BCUT2D eigenvalue weighted by atomic mass is 10.3. The van der Waals surface area contributed by atoms with E-state index >= 15 is 0 Å². The molecule has 0 aliphatic rings. The third-order valence-corrected chi connectivity index (χ3v) is 4.21. The fraction of sp³-hybridized carbons (Fsp3) is 0.0667. The summed E-state index contributed by atoms with van der Waals surface area (Å²) in [6, 6.07) is 12.6. The van der Waals surface area contributed by atoms with Crippen molar-refractivity contribution in [3.8, 4) is 0 Å². The minimum Gasteiger partial charge on any atom is -0.399 e. The molecule has 0 saturated carbocycles. The Morgan fingerprint density at radius 1 is 1.19 bits per heavy atom. The van der Waals surface area contributed by atoms with Crippen molar-refractivity contribution in [3.05, 3.63) is 69.7 Å². The van der Waals surface area contributed by atoms with Crippen LogP contribution in [0, 0.1) is 0 Å². The van der Waals surface area contributed by atoms with E-state index in [9.17, 15) is 4.79 Å². The third kappa shape index (κ3) is 3.20. The van der Waals surface area contributed by atoms with Crippen LogP contribution in [0.1, 0.15) is 5.69 Å². The van der Waals surface area contributed by atoms with Crippen LogP contribution in [0.4, 0.5) is 5.69 Å². The van der Waals surface area contributed by atoms with Gasteiger partial charge in [0.2, 0.25) is 0 Å². The minimum atomic E-state index is -0.129. The third-order valence-electron chi connectivity index (χ3n) is 2.94. The molecule has 0 saturated heterocycles. The Morgan fingerprint density at radius 3 is 2.71 bits per heavy atom. The van der Waals surface area contributed by atoms with Crippen LogP contribution in [0.25, 0.3) is 5.65 Å². The van der Waals surface area contributed by atoms with E-state index < -0.39 is 0 Å². The normalized spacial score (nSPS) is 10.9. The first kappa shape index (κ1) is 14.0. The first-order valence-corrected chi connectivity index (χ1v) is 7.64. The van der Waals surface area contributed by atoms with Crippen LogP contribution in [0.5, 0.6) is 0 Å². The van der Waals surface area contributed by atoms with Crippen LogP contribution in [0.3, 0.4) is 0 Å². The van der Waals surface area contributed by atoms with Gasteiger partial charge in [0.1, 0.15) is 5.65 Å². The highest BCUT2D eigenvalue weighted by Crippen LogP contribution is 2.22. The van der Waals surface area contributed by atoms with Crippen molar-refractivity contribution in [1.29, 1.82) is 0 Å². The second-order valence-electron chi connectivity index (χ2n) is 4.52. The standard InChI is InChI=1S/C15H12ClN3OS/c16-10-1-6-14-18-12(7-15(20)19(14)8-10)9-21-13-4-2-11(17)3-5-13/h1-8H,9,17H2. The zero-order chi connectivity index (χ0) is 14.8. The number of nitrogens with zero attached hydrogens (tertiary/aromatic N) is 2. The summed E-state index contributed by atoms with van der Waals surface area (Å²) in [5.74, 6) is 0.623. The Bertz CT molecular complexity index is 846. The molecule has 0 fully saturated rings. The summed E-state index contributed by atoms with van der Waals surface area (Å²) in [4.78, 5) is 17.6. The zero-order valence-electron chi connectivity index (χ0n) is 11.0. The van der Waals surface area contributed by atoms with Gasteiger partial charge in [-0.3, -0.25) is 9.20 Å². The van der Waals surface area contributed by atoms with Gasteiger partial charge in [0.05, 0.1) is 10.7 Å². The van der Waals surface area contributed by atoms with Crippen LogP contribution in [-0.4, -0.2) is 9.38 Å². The molecule has 0 aliphatic carbocycles. The average molecular weight is 318 g/mol. The lowest BCUT2D eigenvalue weighted by molar-refractivity contribution is 1.01. The summed E-state index contributed by atoms with van der Waals surface area (Å²) >= 11 is 7.49. The summed E-state index contributed by atoms with van der Waals surface area (Å²) in [6.07, 6.45) is 1.57. The lowest BCUT2D eigenvalue weighted by Gasteiger charge is -2.05. The predicted molar refractivity (Wildman–Crippen MR) is 86.9 cm³/mol. The van der Waals surface area contributed by atoms with E-state index in [1.54, 1.807) is 30.1 Å². The number of pyridine rings is 1. The van der Waals surface area contributed by atoms with Crippen LogP contribution in [0.2, 0.25) is 5.02 Å². The molecule has 0 aliphatic heterocycles. The maximum absolute atomic E-state index is 12.0. The molecule has 2 aromatic heterocycles. The lowest BCUT2D eigenvalue weighted by Crippen LogP contribution is -2.14. The fourth-order valence-electron chi connectivity index (χ4n) is 1.92. The number of rotatable bonds is 3. The van der Waals surface area contributed by atoms with Crippen molar-refractivity contribution in [2.45, 2.75) is 10.6 Å². The number of fused-ring (bicyclic) bond motifs is 1. The Kier molecular flexibility index (Phi) is 3.86. The first-order valence-electron chi connectivity index (χ1n) is 6.28. The molecule has 0 atom stereocenters. The number of hydrogen-bond donors (Lipinski definition) is 1. The molecule has 3 rings (SSSR count). The van der Waals surface area contributed by atoms with Gasteiger partial charge < -0.3 is 5.73 Å². The molecule has 6 heteroatoms. The van der Waals surface area contributed by atoms with Crippen LogP contribution in [0.15, 0.2) is 58.4 Å². The Morgan fingerprint density at radius 2 is 1.95 bits per heavy atom. The van der Waals surface area contributed by atoms with Crippen LogP contribution < -0.4 is 11.3 Å². The predicted octanol–water partition coefficient (Wildman–Crippen LogP) is 3.22. The molecule has 2 heterocycles. The van der Waals surface area contributed by atoms with Crippen molar-refractivity contribution in [1.82, 2.24) is 9.38 Å². The van der Waals surface area contributed by atoms with Gasteiger partial charge in [0.25, 0.3) is 5.56 Å². The topological polar surface area (TPSA) is 60.4 Å². The van der Waals surface area contributed by atoms with Crippen LogP contribution >= 0.6 is 23.4 Å². The molecule has 0 unspecified atom stereocenters. The highest BCUT2D eigenvalue weighted by molar-refractivity contribution is 7.98. The summed E-state index contributed by atoms with van der Waals surface area (Å²) in [5.41, 5.74) is 7.59. The monoisotopic (exact) mass is 317 g/mol. The first-order chi connectivity index (χ1) is 10.1. The molecule has 0 radical (unpaired) electrons. The molecule has 0 amide bonds. The van der Waals surface area contributed by atoms with Crippen molar-refractivity contribution >= 4 is 34.7 Å². The molecule has 0 spiro atoms. The summed E-state index contributed by atoms with van der Waals surface area (Å²) in [6.45, 7) is 0. The van der Waals surface area contributed by atoms with Gasteiger partial charge in [-0.05, 0) is 36.4 Å². The number of anilines is 1. The summed E-state index contributed by atoms with van der Waals surface area (Å²) in [5, 5.41) is 0.510. The quantitative estimate of drug-likeness (QED) is 0.595. The highest BCUT2D eigenvalue weighted by atomic mass is 35.5. The van der Waals surface area contributed by atoms with Crippen molar-refractivity contribution in [2.24, 2.45) is 0 Å². The SMILES string of the molecule is Nc1ccc(SCc2cc(=O)n3cc(Cl)ccc3n2)cc1. The van der Waals surface area contributed by atoms with Gasteiger partial charge in [-0.2, -0.15) is 0 Å². The Labute approximate surface area is 130 Å². The molecule has 3 aromatic rings. The maximum Gasteiger partial charge on any atom is 0.258 e. The molecule has 0 bridgehead atoms. The van der Waals surface area contributed by atoms with E-state index in [-0.39, 0.29) is 5.56 Å². The van der Waals surface area contributed by atoms with E-state index in [0.29, 0.717) is 16.4 Å². The molecular weight excluding hydrogens is 306 g/mol.